The number of aromatic nitrogens is 1. The fourth-order valence-corrected chi connectivity index (χ4v) is 6.18. The molecule has 0 aliphatic heterocycles. The number of hydrogen-bond donors (Lipinski definition) is 1. The van der Waals surface area contributed by atoms with Crippen LogP contribution in [0.4, 0.5) is 5.69 Å². The van der Waals surface area contributed by atoms with Gasteiger partial charge in [-0.05, 0) is 67.2 Å². The van der Waals surface area contributed by atoms with Gasteiger partial charge in [-0.25, -0.2) is 4.98 Å². The van der Waals surface area contributed by atoms with E-state index in [1.54, 1.807) is 35.8 Å². The van der Waals surface area contributed by atoms with Gasteiger partial charge in [0.05, 0.1) is 24.1 Å². The summed E-state index contributed by atoms with van der Waals surface area (Å²) in [7, 11) is 1.61. The van der Waals surface area contributed by atoms with Crippen molar-refractivity contribution in [2.45, 2.75) is 46.2 Å². The van der Waals surface area contributed by atoms with Crippen molar-refractivity contribution < 1.29 is 14.3 Å². The number of methoxy groups -OCH3 is 1. The van der Waals surface area contributed by atoms with E-state index in [2.05, 4.69) is 58.8 Å². The normalized spacial score (nSPS) is 11.4. The first-order chi connectivity index (χ1) is 15.8. The van der Waals surface area contributed by atoms with Crippen molar-refractivity contribution in [2.24, 2.45) is 0 Å². The van der Waals surface area contributed by atoms with Crippen molar-refractivity contribution in [3.63, 3.8) is 0 Å². The first-order valence-electron chi connectivity index (χ1n) is 10.8. The molecule has 1 N–H and O–H groups in total. The third kappa shape index (κ3) is 7.02. The zero-order valence-electron chi connectivity index (χ0n) is 19.6. The molecule has 0 aliphatic rings. The second kappa shape index (κ2) is 12.0. The molecular formula is C24H30BrN3O3S2. The van der Waals surface area contributed by atoms with E-state index in [1.165, 1.54) is 0 Å². The zero-order chi connectivity index (χ0) is 24.0. The van der Waals surface area contributed by atoms with Crippen molar-refractivity contribution in [3.05, 3.63) is 45.2 Å². The molecule has 3 rings (SSSR count). The summed E-state index contributed by atoms with van der Waals surface area (Å²) in [5.41, 5.74) is 1.41. The Hall–Kier alpha value is -1.94. The van der Waals surface area contributed by atoms with Crippen LogP contribution in [-0.4, -0.2) is 48.1 Å². The van der Waals surface area contributed by atoms with Crippen LogP contribution in [0.3, 0.4) is 0 Å². The van der Waals surface area contributed by atoms with E-state index in [0.29, 0.717) is 35.9 Å². The number of benzene rings is 1. The summed E-state index contributed by atoms with van der Waals surface area (Å²) in [5, 5.41) is 7.80. The maximum Gasteiger partial charge on any atom is 0.230 e. The monoisotopic (exact) mass is 551 g/mol. The number of thiazole rings is 1. The van der Waals surface area contributed by atoms with Gasteiger partial charge in [0.25, 0.3) is 0 Å². The Balaban J connectivity index is 1.61. The smallest absolute Gasteiger partial charge is 0.230 e. The number of nitrogens with one attached hydrogen (secondary N) is 1. The van der Waals surface area contributed by atoms with Gasteiger partial charge < -0.3 is 14.8 Å². The molecular weight excluding hydrogens is 522 g/mol. The second-order valence-electron chi connectivity index (χ2n) is 8.11. The highest BCUT2D eigenvalue weighted by molar-refractivity contribution is 9.10. The summed E-state index contributed by atoms with van der Waals surface area (Å²) in [6.07, 6.45) is 0.208. The van der Waals surface area contributed by atoms with Crippen molar-refractivity contribution in [3.8, 4) is 21.4 Å². The molecule has 0 spiro atoms. The number of nitrogens with zero attached hydrogens (tertiary/aromatic N) is 2. The lowest BCUT2D eigenvalue weighted by atomic mass is 10.2. The lowest BCUT2D eigenvalue weighted by molar-refractivity contribution is -0.115. The summed E-state index contributed by atoms with van der Waals surface area (Å²) in [4.78, 5) is 20.7. The lowest BCUT2D eigenvalue weighted by Crippen LogP contribution is -2.39. The molecule has 0 saturated carbocycles. The van der Waals surface area contributed by atoms with Gasteiger partial charge in [-0.2, -0.15) is 0 Å². The number of carbonyl (C=O) groups excluding carboxylic acids is 1. The molecule has 1 amide bonds. The molecule has 0 fully saturated rings. The standard InChI is InChI=1S/C24H30BrN3O3S2/c1-15(2)28(16(3)4)9-10-31-21-12-17(6-7-20(21)30-5)26-22(29)13-18-14-33-24(27-18)23-19(25)8-11-32-23/h6-8,11-12,14-16H,9-10,13H2,1-5H3,(H,26,29). The molecule has 178 valence electrons. The highest BCUT2D eigenvalue weighted by Crippen LogP contribution is 2.35. The maximum atomic E-state index is 12.6. The molecule has 2 aromatic heterocycles. The van der Waals surface area contributed by atoms with Crippen molar-refractivity contribution in [1.82, 2.24) is 9.88 Å². The van der Waals surface area contributed by atoms with E-state index >= 15 is 0 Å². The zero-order valence-corrected chi connectivity index (χ0v) is 22.8. The SMILES string of the molecule is COc1ccc(NC(=O)Cc2csc(-c3sccc3Br)n2)cc1OCCN(C(C)C)C(C)C. The first-order valence-corrected chi connectivity index (χ1v) is 13.4. The van der Waals surface area contributed by atoms with Gasteiger partial charge in [-0.3, -0.25) is 9.69 Å². The highest BCUT2D eigenvalue weighted by Gasteiger charge is 2.15. The largest absolute Gasteiger partial charge is 0.493 e. The van der Waals surface area contributed by atoms with Gasteiger partial charge in [0.1, 0.15) is 11.6 Å². The summed E-state index contributed by atoms with van der Waals surface area (Å²) in [6.45, 7) is 10.1. The Bertz CT molecular complexity index is 1060. The number of rotatable bonds is 11. The molecule has 1 aromatic carbocycles. The van der Waals surface area contributed by atoms with Crippen LogP contribution >= 0.6 is 38.6 Å². The fourth-order valence-electron chi connectivity index (χ4n) is 3.55. The minimum atomic E-state index is -0.126. The van der Waals surface area contributed by atoms with Gasteiger partial charge in [-0.1, -0.05) is 0 Å². The molecule has 2 heterocycles. The van der Waals surface area contributed by atoms with Crippen molar-refractivity contribution >= 4 is 50.2 Å². The van der Waals surface area contributed by atoms with E-state index < -0.39 is 0 Å². The Labute approximate surface area is 212 Å². The Morgan fingerprint density at radius 2 is 1.91 bits per heavy atom. The van der Waals surface area contributed by atoms with E-state index in [4.69, 9.17) is 9.47 Å². The van der Waals surface area contributed by atoms with Crippen LogP contribution in [0, 0.1) is 0 Å². The average Bonchev–Trinajstić information content (AvgIpc) is 3.39. The van der Waals surface area contributed by atoms with Gasteiger partial charge >= 0.3 is 0 Å². The number of amides is 1. The van der Waals surface area contributed by atoms with Crippen LogP contribution in [0.25, 0.3) is 9.88 Å². The van der Waals surface area contributed by atoms with Gasteiger partial charge in [0.2, 0.25) is 5.91 Å². The third-order valence-corrected chi connectivity index (χ3v) is 7.97. The minimum Gasteiger partial charge on any atom is -0.493 e. The number of anilines is 1. The minimum absolute atomic E-state index is 0.126. The second-order valence-corrected chi connectivity index (χ2v) is 10.7. The maximum absolute atomic E-state index is 12.6. The lowest BCUT2D eigenvalue weighted by Gasteiger charge is -2.30. The summed E-state index contributed by atoms with van der Waals surface area (Å²) >= 11 is 6.70. The van der Waals surface area contributed by atoms with Crippen LogP contribution in [0.5, 0.6) is 11.5 Å². The molecule has 3 aromatic rings. The van der Waals surface area contributed by atoms with Crippen LogP contribution < -0.4 is 14.8 Å². The molecule has 0 saturated heterocycles. The quantitative estimate of drug-likeness (QED) is 0.302. The predicted molar refractivity (Wildman–Crippen MR) is 141 cm³/mol. The summed E-state index contributed by atoms with van der Waals surface area (Å²) in [6, 6.07) is 8.30. The predicted octanol–water partition coefficient (Wildman–Crippen LogP) is 6.32. The molecule has 33 heavy (non-hydrogen) atoms. The van der Waals surface area contributed by atoms with Crippen LogP contribution in [-0.2, 0) is 11.2 Å². The average molecular weight is 553 g/mol. The summed E-state index contributed by atoms with van der Waals surface area (Å²) in [5.74, 6) is 1.12. The van der Waals surface area contributed by atoms with E-state index in [9.17, 15) is 4.79 Å². The molecule has 0 bridgehead atoms. The molecule has 0 unspecified atom stereocenters. The van der Waals surface area contributed by atoms with Crippen molar-refractivity contribution in [2.75, 3.05) is 25.6 Å². The molecule has 0 atom stereocenters. The Morgan fingerprint density at radius 1 is 1.15 bits per heavy atom. The topological polar surface area (TPSA) is 63.7 Å². The van der Waals surface area contributed by atoms with E-state index in [-0.39, 0.29) is 12.3 Å². The number of ether oxygens (including phenoxy) is 2. The van der Waals surface area contributed by atoms with Gasteiger partial charge in [0.15, 0.2) is 11.5 Å². The molecule has 9 heteroatoms. The number of halogens is 1. The van der Waals surface area contributed by atoms with Crippen molar-refractivity contribution in [1.29, 1.82) is 0 Å². The van der Waals surface area contributed by atoms with Crippen LogP contribution in [0.1, 0.15) is 33.4 Å². The number of carbonyl (C=O) groups is 1. The van der Waals surface area contributed by atoms with Gasteiger partial charge in [0, 0.05) is 40.2 Å². The van der Waals surface area contributed by atoms with Crippen LogP contribution in [0.2, 0.25) is 0 Å². The Kier molecular flexibility index (Phi) is 9.31. The van der Waals surface area contributed by atoms with Crippen LogP contribution in [0.15, 0.2) is 39.5 Å². The Morgan fingerprint density at radius 3 is 2.55 bits per heavy atom. The van der Waals surface area contributed by atoms with E-state index in [1.807, 2.05) is 29.0 Å². The fraction of sp³-hybridized carbons (Fsp3) is 0.417. The van der Waals surface area contributed by atoms with Gasteiger partial charge in [-0.15, -0.1) is 22.7 Å². The summed E-state index contributed by atoms with van der Waals surface area (Å²) < 4.78 is 12.5. The highest BCUT2D eigenvalue weighted by atomic mass is 79.9. The molecule has 0 radical (unpaired) electrons. The molecule has 6 nitrogen and oxygen atoms in total. The van der Waals surface area contributed by atoms with E-state index in [0.717, 1.165) is 26.6 Å². The number of hydrogen-bond acceptors (Lipinski definition) is 7. The molecule has 0 aliphatic carbocycles. The number of thiophene rings is 1. The first kappa shape index (κ1) is 25.7. The third-order valence-electron chi connectivity index (χ3n) is 5.09.